The van der Waals surface area contributed by atoms with Crippen molar-refractivity contribution >= 4 is 24.4 Å². The molecule has 0 radical (unpaired) electrons. The van der Waals surface area contributed by atoms with E-state index in [4.69, 9.17) is 0 Å². The molecule has 0 heterocycles. The first-order chi connectivity index (χ1) is 15.3. The van der Waals surface area contributed by atoms with Crippen molar-refractivity contribution in [3.05, 3.63) is 60.7 Å². The van der Waals surface area contributed by atoms with E-state index >= 15 is 0 Å². The van der Waals surface area contributed by atoms with Crippen molar-refractivity contribution in [1.82, 2.24) is 10.6 Å². The Labute approximate surface area is 195 Å². The Morgan fingerprint density at radius 3 is 2.09 bits per heavy atom. The zero-order valence-corrected chi connectivity index (χ0v) is 20.8. The summed E-state index contributed by atoms with van der Waals surface area (Å²) >= 11 is 0. The molecule has 174 valence electrons. The van der Waals surface area contributed by atoms with Gasteiger partial charge < -0.3 is 15.7 Å². The monoisotopic (exact) mass is 454 g/mol. The number of carbonyl (C=O) groups excluding carboxylic acids is 1. The van der Waals surface area contributed by atoms with E-state index in [9.17, 15) is 9.90 Å². The number of aliphatic hydroxyl groups excluding tert-OH is 1. The minimum Gasteiger partial charge on any atom is -0.394 e. The van der Waals surface area contributed by atoms with E-state index < -0.39 is 7.92 Å². The molecule has 1 fully saturated rings. The van der Waals surface area contributed by atoms with Crippen LogP contribution >= 0.6 is 7.92 Å². The van der Waals surface area contributed by atoms with Gasteiger partial charge in [0.2, 0.25) is 5.91 Å². The summed E-state index contributed by atoms with van der Waals surface area (Å²) in [6.45, 7) is 8.56. The normalized spacial score (nSPS) is 20.8. The molecular formula is C27H39N2O2P. The third-order valence-corrected chi connectivity index (χ3v) is 9.74. The summed E-state index contributed by atoms with van der Waals surface area (Å²) < 4.78 is 0. The van der Waals surface area contributed by atoms with E-state index in [0.717, 1.165) is 0 Å². The quantitative estimate of drug-likeness (QED) is 0.505. The fraction of sp³-hybridized carbons (Fsp3) is 0.519. The van der Waals surface area contributed by atoms with Crippen LogP contribution in [-0.2, 0) is 4.79 Å². The highest BCUT2D eigenvalue weighted by molar-refractivity contribution is 7.73. The lowest BCUT2D eigenvalue weighted by molar-refractivity contribution is -0.122. The molecule has 3 rings (SSSR count). The first kappa shape index (κ1) is 24.9. The number of rotatable bonds is 9. The summed E-state index contributed by atoms with van der Waals surface area (Å²) in [7, 11) is -0.455. The zero-order chi connectivity index (χ0) is 23.1. The first-order valence-electron chi connectivity index (χ1n) is 11.8. The van der Waals surface area contributed by atoms with Crippen LogP contribution in [0.5, 0.6) is 0 Å². The molecule has 3 N–H and O–H groups in total. The van der Waals surface area contributed by atoms with Crippen molar-refractivity contribution in [1.29, 1.82) is 0 Å². The predicted molar refractivity (Wildman–Crippen MR) is 136 cm³/mol. The molecule has 0 aromatic heterocycles. The number of benzene rings is 2. The number of carbonyl (C=O) groups is 1. The Balaban J connectivity index is 1.70. The lowest BCUT2D eigenvalue weighted by Gasteiger charge is -2.34. The minimum absolute atomic E-state index is 0.0474. The number of aliphatic hydroxyl groups is 1. The van der Waals surface area contributed by atoms with Gasteiger partial charge in [-0.05, 0) is 55.3 Å². The van der Waals surface area contributed by atoms with Gasteiger partial charge in [-0.3, -0.25) is 4.79 Å². The Kier molecular flexibility index (Phi) is 8.87. The van der Waals surface area contributed by atoms with E-state index in [2.05, 4.69) is 78.2 Å². The molecule has 1 amide bonds. The van der Waals surface area contributed by atoms with Gasteiger partial charge in [-0.1, -0.05) is 87.9 Å². The second kappa shape index (κ2) is 11.4. The van der Waals surface area contributed by atoms with Gasteiger partial charge in [-0.25, -0.2) is 0 Å². The molecule has 32 heavy (non-hydrogen) atoms. The van der Waals surface area contributed by atoms with Crippen molar-refractivity contribution in [2.75, 3.05) is 13.2 Å². The van der Waals surface area contributed by atoms with Crippen LogP contribution in [0.1, 0.15) is 47.0 Å². The molecule has 2 aromatic rings. The third-order valence-electron chi connectivity index (χ3n) is 6.72. The Bertz CT molecular complexity index is 798. The summed E-state index contributed by atoms with van der Waals surface area (Å²) in [5, 5.41) is 19.0. The van der Waals surface area contributed by atoms with Gasteiger partial charge in [0.1, 0.15) is 0 Å². The minimum atomic E-state index is -0.455. The molecule has 0 aliphatic heterocycles. The molecule has 0 spiro atoms. The molecule has 1 aliphatic rings. The molecule has 2 aromatic carbocycles. The summed E-state index contributed by atoms with van der Waals surface area (Å²) in [6.07, 6.45) is 3.66. The maximum absolute atomic E-state index is 12.6. The largest absolute Gasteiger partial charge is 0.394 e. The van der Waals surface area contributed by atoms with Crippen LogP contribution in [0.2, 0.25) is 0 Å². The summed E-state index contributed by atoms with van der Waals surface area (Å²) in [6, 6.07) is 21.9. The van der Waals surface area contributed by atoms with E-state index in [-0.39, 0.29) is 36.6 Å². The summed E-state index contributed by atoms with van der Waals surface area (Å²) in [5.74, 6) is 0.485. The molecule has 4 atom stereocenters. The lowest BCUT2D eigenvalue weighted by atomic mass is 9.87. The number of hydrogen-bond acceptors (Lipinski definition) is 3. The molecule has 2 unspecified atom stereocenters. The second-order valence-electron chi connectivity index (χ2n) is 10.0. The van der Waals surface area contributed by atoms with Gasteiger partial charge in [0.15, 0.2) is 0 Å². The van der Waals surface area contributed by atoms with Crippen molar-refractivity contribution in [3.63, 3.8) is 0 Å². The summed E-state index contributed by atoms with van der Waals surface area (Å²) in [5.41, 5.74) is 0.424. The van der Waals surface area contributed by atoms with Crippen molar-refractivity contribution in [3.8, 4) is 0 Å². The van der Waals surface area contributed by atoms with Crippen LogP contribution in [0.4, 0.5) is 0 Å². The smallest absolute Gasteiger partial charge is 0.234 e. The predicted octanol–water partition coefficient (Wildman–Crippen LogP) is 3.79. The molecular weight excluding hydrogens is 415 g/mol. The van der Waals surface area contributed by atoms with Crippen LogP contribution in [0.3, 0.4) is 0 Å². The van der Waals surface area contributed by atoms with E-state index in [0.29, 0.717) is 11.6 Å². The molecule has 0 bridgehead atoms. The van der Waals surface area contributed by atoms with Crippen LogP contribution in [-0.4, -0.2) is 41.9 Å². The SMILES string of the molecule is C[C@@H](NCC(=O)N[C@@H](CO)C(C)(C)C)C1CCCC1P(c1ccccc1)c1ccccc1. The molecule has 1 aliphatic carbocycles. The van der Waals surface area contributed by atoms with Crippen LogP contribution in [0.25, 0.3) is 0 Å². The van der Waals surface area contributed by atoms with Crippen LogP contribution in [0, 0.1) is 11.3 Å². The highest BCUT2D eigenvalue weighted by Crippen LogP contribution is 2.50. The van der Waals surface area contributed by atoms with E-state index in [1.165, 1.54) is 29.9 Å². The van der Waals surface area contributed by atoms with Gasteiger partial charge in [0.05, 0.1) is 19.2 Å². The standard InChI is InChI=1S/C27H39N2O2P/c1-20(28-18-26(31)29-25(19-30)27(2,3)4)23-16-11-17-24(23)32(21-12-7-5-8-13-21)22-14-9-6-10-15-22/h5-10,12-15,20,23-25,28,30H,11,16-19H2,1-4H3,(H,29,31)/t20-,23?,24?,25+/m1/s1. The van der Waals surface area contributed by atoms with Gasteiger partial charge in [-0.2, -0.15) is 0 Å². The highest BCUT2D eigenvalue weighted by atomic mass is 31.1. The molecule has 4 nitrogen and oxygen atoms in total. The Hall–Kier alpha value is -1.74. The second-order valence-corrected chi connectivity index (χ2v) is 12.5. The Morgan fingerprint density at radius 2 is 1.59 bits per heavy atom. The van der Waals surface area contributed by atoms with Gasteiger partial charge in [0, 0.05) is 6.04 Å². The number of hydrogen-bond donors (Lipinski definition) is 3. The average Bonchev–Trinajstić information content (AvgIpc) is 3.26. The van der Waals surface area contributed by atoms with Gasteiger partial charge in [0.25, 0.3) is 0 Å². The summed E-state index contributed by atoms with van der Waals surface area (Å²) in [4.78, 5) is 12.6. The van der Waals surface area contributed by atoms with Crippen LogP contribution in [0.15, 0.2) is 60.7 Å². The van der Waals surface area contributed by atoms with E-state index in [1.54, 1.807) is 0 Å². The zero-order valence-electron chi connectivity index (χ0n) is 19.9. The average molecular weight is 455 g/mol. The third kappa shape index (κ3) is 6.41. The molecule has 0 saturated heterocycles. The van der Waals surface area contributed by atoms with E-state index in [1.807, 2.05) is 20.8 Å². The van der Waals surface area contributed by atoms with Crippen molar-refractivity contribution in [2.24, 2.45) is 11.3 Å². The fourth-order valence-electron chi connectivity index (χ4n) is 4.77. The maximum Gasteiger partial charge on any atom is 0.234 e. The topological polar surface area (TPSA) is 61.4 Å². The number of amides is 1. The first-order valence-corrected chi connectivity index (χ1v) is 13.2. The van der Waals surface area contributed by atoms with Crippen molar-refractivity contribution in [2.45, 2.75) is 64.7 Å². The van der Waals surface area contributed by atoms with Gasteiger partial charge >= 0.3 is 0 Å². The highest BCUT2D eigenvalue weighted by Gasteiger charge is 2.38. The van der Waals surface area contributed by atoms with Crippen LogP contribution < -0.4 is 21.2 Å². The lowest BCUT2D eigenvalue weighted by Crippen LogP contribution is -2.50. The van der Waals surface area contributed by atoms with Gasteiger partial charge in [-0.15, -0.1) is 0 Å². The molecule has 5 heteroatoms. The molecule has 1 saturated carbocycles. The maximum atomic E-state index is 12.6. The fourth-order valence-corrected chi connectivity index (χ4v) is 8.05. The van der Waals surface area contributed by atoms with Crippen molar-refractivity contribution < 1.29 is 9.90 Å². The number of nitrogens with one attached hydrogen (secondary N) is 2. The Morgan fingerprint density at radius 1 is 1.03 bits per heavy atom.